The third-order valence-corrected chi connectivity index (χ3v) is 18.3. The van der Waals surface area contributed by atoms with Gasteiger partial charge in [0.1, 0.15) is 67.1 Å². The van der Waals surface area contributed by atoms with Gasteiger partial charge < -0.3 is 79.5 Å². The topological polar surface area (TPSA) is 275 Å². The fraction of sp³-hybridized carbons (Fsp3) is 0.891. The van der Waals surface area contributed by atoms with Crippen molar-refractivity contribution in [1.82, 2.24) is 0 Å². The van der Waals surface area contributed by atoms with Crippen LogP contribution in [0.3, 0.4) is 0 Å². The zero-order chi connectivity index (χ0) is 45.8. The van der Waals surface area contributed by atoms with Crippen molar-refractivity contribution in [2.45, 2.75) is 191 Å². The third kappa shape index (κ3) is 7.43. The number of aliphatic hydroxyl groups is 10. The Hall–Kier alpha value is -1.65. The van der Waals surface area contributed by atoms with Crippen molar-refractivity contribution in [3.63, 3.8) is 0 Å². The SMILES string of the molecule is C=C1CC[C@@]2(C(=O)O[C@H]3O[C@@H](CO)[C@H](O)[C@@H](O)[C@@H]3O)CC[C@@]3(C)C(=CCC4[C@]5(C)CC[C@@H](O[C@H]6OC[C@@H](O)[C@@H](O[C@H]7O[C@@H](CO)[C@H](O)[C@@H](O)[C@@H]7O)[C@@H]6O)C(C)(C)C5CC[C@@]43C)C2C1. The molecule has 0 spiro atoms. The average Bonchev–Trinajstić information content (AvgIpc) is 3.24. The first kappa shape index (κ1) is 47.8. The Morgan fingerprint density at radius 2 is 1.37 bits per heavy atom. The fourth-order valence-electron chi connectivity index (χ4n) is 14.3. The number of carbonyl (C=O) groups excluding carboxylic acids is 1. The van der Waals surface area contributed by atoms with Crippen LogP contribution in [0, 0.1) is 44.8 Å². The normalized spacial score (nSPS) is 53.3. The van der Waals surface area contributed by atoms with E-state index in [0.717, 1.165) is 37.7 Å². The number of hydrogen-bond donors (Lipinski definition) is 10. The quantitative estimate of drug-likeness (QED) is 0.0892. The molecule has 0 aromatic heterocycles. The van der Waals surface area contributed by atoms with E-state index in [1.807, 2.05) is 0 Å². The fourth-order valence-corrected chi connectivity index (χ4v) is 14.3. The van der Waals surface area contributed by atoms with Crippen molar-refractivity contribution in [3.05, 3.63) is 23.8 Å². The van der Waals surface area contributed by atoms with E-state index in [9.17, 15) is 55.9 Å². The van der Waals surface area contributed by atoms with Gasteiger partial charge in [0.05, 0.1) is 31.3 Å². The first-order valence-electron chi connectivity index (χ1n) is 23.1. The van der Waals surface area contributed by atoms with Crippen molar-refractivity contribution in [2.75, 3.05) is 19.8 Å². The number of carbonyl (C=O) groups is 1. The molecule has 0 radical (unpaired) electrons. The van der Waals surface area contributed by atoms with Gasteiger partial charge in [0, 0.05) is 5.92 Å². The Bertz CT molecular complexity index is 1740. The molecule has 0 aromatic carbocycles. The lowest BCUT2D eigenvalue weighted by Crippen LogP contribution is -2.66. The molecule has 5 aliphatic carbocycles. The van der Waals surface area contributed by atoms with Crippen LogP contribution in [0.5, 0.6) is 0 Å². The number of aliphatic hydroxyl groups excluding tert-OH is 10. The molecule has 63 heavy (non-hydrogen) atoms. The summed E-state index contributed by atoms with van der Waals surface area (Å²) in [7, 11) is 0. The maximum Gasteiger partial charge on any atom is 0.315 e. The Labute approximate surface area is 369 Å². The third-order valence-electron chi connectivity index (χ3n) is 18.3. The van der Waals surface area contributed by atoms with Gasteiger partial charge in [0.2, 0.25) is 6.29 Å². The molecule has 0 amide bonds. The summed E-state index contributed by atoms with van der Waals surface area (Å²) in [6.45, 7) is 14.5. The first-order valence-corrected chi connectivity index (χ1v) is 23.1. The molecule has 17 nitrogen and oxygen atoms in total. The van der Waals surface area contributed by atoms with Crippen molar-refractivity contribution in [1.29, 1.82) is 0 Å². The molecule has 3 unspecified atom stereocenters. The highest BCUT2D eigenvalue weighted by Gasteiger charge is 2.69. The summed E-state index contributed by atoms with van der Waals surface area (Å²) < 4.78 is 35.4. The Morgan fingerprint density at radius 3 is 2.02 bits per heavy atom. The van der Waals surface area contributed by atoms with Gasteiger partial charge in [0.15, 0.2) is 12.6 Å². The van der Waals surface area contributed by atoms with Crippen LogP contribution in [0.2, 0.25) is 0 Å². The summed E-state index contributed by atoms with van der Waals surface area (Å²) in [5, 5.41) is 104. The van der Waals surface area contributed by atoms with Crippen LogP contribution in [0.25, 0.3) is 0 Å². The number of hydrogen-bond acceptors (Lipinski definition) is 17. The molecule has 7 fully saturated rings. The van der Waals surface area contributed by atoms with E-state index in [-0.39, 0.29) is 46.2 Å². The summed E-state index contributed by atoms with van der Waals surface area (Å²) in [5.74, 6) is -0.184. The number of esters is 1. The maximum absolute atomic E-state index is 14.5. The van der Waals surface area contributed by atoms with Gasteiger partial charge in [-0.25, -0.2) is 0 Å². The van der Waals surface area contributed by atoms with Gasteiger partial charge in [-0.3, -0.25) is 4.79 Å². The van der Waals surface area contributed by atoms with Crippen molar-refractivity contribution in [3.8, 4) is 0 Å². The molecular weight excluding hydrogens is 824 g/mol. The van der Waals surface area contributed by atoms with Crippen molar-refractivity contribution < 1.29 is 84.3 Å². The highest BCUT2D eigenvalue weighted by atomic mass is 16.7. The lowest BCUT2D eigenvalue weighted by Gasteiger charge is -2.71. The molecule has 0 aromatic rings. The first-order chi connectivity index (χ1) is 29.6. The van der Waals surface area contributed by atoms with Gasteiger partial charge in [-0.1, -0.05) is 58.4 Å². The highest BCUT2D eigenvalue weighted by Crippen LogP contribution is 2.75. The van der Waals surface area contributed by atoms with Crippen LogP contribution >= 0.6 is 0 Å². The zero-order valence-corrected chi connectivity index (χ0v) is 37.2. The Balaban J connectivity index is 0.996. The molecule has 8 rings (SSSR count). The van der Waals surface area contributed by atoms with Crippen molar-refractivity contribution >= 4 is 5.97 Å². The molecule has 4 saturated carbocycles. The van der Waals surface area contributed by atoms with Gasteiger partial charge in [-0.15, -0.1) is 0 Å². The molecule has 17 heteroatoms. The molecule has 22 atom stereocenters. The van der Waals surface area contributed by atoms with Gasteiger partial charge >= 0.3 is 5.97 Å². The summed E-state index contributed by atoms with van der Waals surface area (Å²) in [4.78, 5) is 14.5. The van der Waals surface area contributed by atoms with E-state index in [2.05, 4.69) is 47.3 Å². The zero-order valence-electron chi connectivity index (χ0n) is 37.2. The lowest BCUT2D eigenvalue weighted by molar-refractivity contribution is -0.357. The Morgan fingerprint density at radius 1 is 0.730 bits per heavy atom. The predicted molar refractivity (Wildman–Crippen MR) is 220 cm³/mol. The minimum Gasteiger partial charge on any atom is -0.432 e. The minimum absolute atomic E-state index is 0.106. The second kappa shape index (κ2) is 17.1. The summed E-state index contributed by atoms with van der Waals surface area (Å²) in [6.07, 6.45) is -11.5. The summed E-state index contributed by atoms with van der Waals surface area (Å²) >= 11 is 0. The highest BCUT2D eigenvalue weighted by molar-refractivity contribution is 5.79. The van der Waals surface area contributed by atoms with E-state index < -0.39 is 111 Å². The minimum atomic E-state index is -1.72. The summed E-state index contributed by atoms with van der Waals surface area (Å²) in [5.41, 5.74) is 0.530. The van der Waals surface area contributed by atoms with E-state index in [1.54, 1.807) is 0 Å². The van der Waals surface area contributed by atoms with Crippen LogP contribution in [-0.4, -0.2) is 169 Å². The molecular formula is C46H72O17. The molecule has 0 bridgehead atoms. The van der Waals surface area contributed by atoms with Crippen LogP contribution in [0.1, 0.15) is 98.8 Å². The van der Waals surface area contributed by atoms with E-state index in [1.165, 1.54) is 5.57 Å². The van der Waals surface area contributed by atoms with Gasteiger partial charge in [-0.2, -0.15) is 0 Å². The monoisotopic (exact) mass is 896 g/mol. The maximum atomic E-state index is 14.5. The van der Waals surface area contributed by atoms with Crippen LogP contribution in [0.15, 0.2) is 23.8 Å². The van der Waals surface area contributed by atoms with Crippen molar-refractivity contribution in [2.24, 2.45) is 44.8 Å². The van der Waals surface area contributed by atoms with E-state index >= 15 is 0 Å². The molecule has 8 aliphatic rings. The standard InChI is InChI=1S/C46H72O17/c1-21-9-14-46(41(57)63-40-35(55)33(53)31(51)26(19-48)60-40)16-15-44(5)22(23(46)17-21)7-8-28-43(4)12-11-29(42(2,3)27(43)10-13-45(28,44)6)61-38-36(56)37(24(49)20-58-38)62-39-34(54)32(52)30(50)25(18-47)59-39/h7,23-40,47-56H,1,8-20H2,2-6H3/t23?,24-,25+,26+,27?,28?,29-,30+,31+,32-,33-,34+,35+,36+,37-,38-,39-,40-,43-,44+,45+,46-/m1/s1. The smallest absolute Gasteiger partial charge is 0.315 e. The molecule has 3 heterocycles. The van der Waals surface area contributed by atoms with Gasteiger partial charge in [-0.05, 0) is 97.7 Å². The number of ether oxygens (including phenoxy) is 6. The van der Waals surface area contributed by atoms with Crippen LogP contribution in [0.4, 0.5) is 0 Å². The predicted octanol–water partition coefficient (Wildman–Crippen LogP) is 0.310. The molecule has 3 aliphatic heterocycles. The number of allylic oxidation sites excluding steroid dienone is 3. The Kier molecular flexibility index (Phi) is 13.0. The largest absolute Gasteiger partial charge is 0.432 e. The van der Waals surface area contributed by atoms with Crippen LogP contribution < -0.4 is 0 Å². The second-order valence-corrected chi connectivity index (χ2v) is 21.6. The number of rotatable bonds is 8. The number of fused-ring (bicyclic) bond motifs is 7. The molecule has 10 N–H and O–H groups in total. The average molecular weight is 897 g/mol. The van der Waals surface area contributed by atoms with Crippen LogP contribution in [-0.2, 0) is 33.2 Å². The lowest BCUT2D eigenvalue weighted by atomic mass is 9.34. The van der Waals surface area contributed by atoms with Gasteiger partial charge in [0.25, 0.3) is 0 Å². The molecule has 3 saturated heterocycles. The van der Waals surface area contributed by atoms with E-state index in [4.69, 9.17) is 28.4 Å². The second-order valence-electron chi connectivity index (χ2n) is 21.6. The van der Waals surface area contributed by atoms with E-state index in [0.29, 0.717) is 38.0 Å². The summed E-state index contributed by atoms with van der Waals surface area (Å²) in [6, 6.07) is 0. The molecule has 358 valence electrons.